The quantitative estimate of drug-likeness (QED) is 0.0357. The van der Waals surface area contributed by atoms with Gasteiger partial charge >= 0.3 is 25.8 Å². The molecule has 12 nitrogen and oxygen atoms in total. The number of halogens is 1. The summed E-state index contributed by atoms with van der Waals surface area (Å²) in [6.07, 6.45) is 21.5. The molecule has 1 atom stereocenters. The number of carboxylic acids is 2. The van der Waals surface area contributed by atoms with Crippen LogP contribution in [0.2, 0.25) is 0 Å². The number of nitrogens with one attached hydrogen (secondary N) is 1. The number of terminal acetylenes is 2. The maximum absolute atomic E-state index is 13.3. The van der Waals surface area contributed by atoms with E-state index in [-0.39, 0.29) is 169 Å². The molecule has 2 aliphatic rings. The van der Waals surface area contributed by atoms with Crippen molar-refractivity contribution >= 4 is 66.6 Å². The van der Waals surface area contributed by atoms with Gasteiger partial charge in [-0.25, -0.2) is 0 Å². The van der Waals surface area contributed by atoms with Crippen molar-refractivity contribution in [3.8, 4) is 262 Å². The number of carboxylic acid groups (broad SMARTS) is 2. The van der Waals surface area contributed by atoms with E-state index in [0.717, 1.165) is 50.6 Å². The number of ketones is 1. The second-order valence-corrected chi connectivity index (χ2v) is 23.8. The Balaban J connectivity index is -0.0000000694. The van der Waals surface area contributed by atoms with E-state index in [1.54, 1.807) is 4.90 Å². The van der Waals surface area contributed by atoms with Crippen LogP contribution in [0.25, 0.3) is 0 Å². The van der Waals surface area contributed by atoms with Gasteiger partial charge in [-0.3, -0.25) is 24.3 Å². The summed E-state index contributed by atoms with van der Waals surface area (Å²) < 4.78 is 1.93. The number of allylic oxidation sites excluding steroid dienone is 6. The number of aliphatic carboxylic acids is 2. The van der Waals surface area contributed by atoms with Crippen molar-refractivity contribution in [1.29, 1.82) is 0 Å². The average Bonchev–Trinajstić information content (AvgIpc) is 1.59. The van der Waals surface area contributed by atoms with E-state index in [0.29, 0.717) is 52.1 Å². The van der Waals surface area contributed by atoms with Gasteiger partial charge in [-0.15, -0.1) is 17.4 Å². The Morgan fingerprint density at radius 3 is 1.48 bits per heavy atom. The van der Waals surface area contributed by atoms with Crippen LogP contribution in [0, 0.1) is 262 Å². The summed E-state index contributed by atoms with van der Waals surface area (Å²) in [5.41, 5.74) is 7.32. The smallest absolute Gasteiger partial charge is 1.00 e. The third-order valence-electron chi connectivity index (χ3n) is 16.0. The molecule has 0 aromatic heterocycles. The fourth-order valence-electron chi connectivity index (χ4n) is 10.7. The van der Waals surface area contributed by atoms with E-state index >= 15 is 0 Å². The minimum atomic E-state index is -1.17. The van der Waals surface area contributed by atoms with Gasteiger partial charge in [0.15, 0.2) is 0 Å². The summed E-state index contributed by atoms with van der Waals surface area (Å²) in [7, 11) is 0. The Bertz CT molecular complexity index is 5820. The first kappa shape index (κ1) is 91.4. The third kappa shape index (κ3) is 34.1. The molecule has 14 heteroatoms. The van der Waals surface area contributed by atoms with Crippen LogP contribution < -0.4 is 44.4 Å². The molecule has 0 fully saturated rings. The number of fused-ring (bicyclic) bond motifs is 2. The molecule has 1 N–H and O–H groups in total. The molecule has 5 rings (SSSR count). The molecule has 0 saturated heterocycles. The van der Waals surface area contributed by atoms with E-state index < -0.39 is 22.8 Å². The third-order valence-corrected chi connectivity index (χ3v) is 16.0. The number of rotatable bonds is 26. The number of nitrogens with zero attached hydrogens (tertiary/aromatic N) is 5. The molecule has 2 heterocycles. The molecule has 111 heavy (non-hydrogen) atoms. The van der Waals surface area contributed by atoms with Gasteiger partial charge in [-0.1, -0.05) is 107 Å². The van der Waals surface area contributed by atoms with Crippen LogP contribution in [0.5, 0.6) is 0 Å². The van der Waals surface area contributed by atoms with Gasteiger partial charge in [0.25, 0.3) is 0 Å². The van der Waals surface area contributed by atoms with Crippen LogP contribution in [0.3, 0.4) is 0 Å². The van der Waals surface area contributed by atoms with Gasteiger partial charge in [0.05, 0.1) is 29.0 Å². The van der Waals surface area contributed by atoms with E-state index in [4.69, 9.17) is 12.8 Å². The molecule has 1 unspecified atom stereocenters. The number of carbonyl (C=O) groups excluding carboxylic acids is 4. The Hall–Kier alpha value is -13.8. The number of anilines is 1. The minimum Gasteiger partial charge on any atom is -1.00 e. The number of likely N-dealkylation sites (N-methyl/N-ethyl adjacent to an activating group) is 3. The number of hydrogen-bond donors (Lipinski definition) is 1. The van der Waals surface area contributed by atoms with Gasteiger partial charge in [0.1, 0.15) is 5.78 Å². The zero-order chi connectivity index (χ0) is 78.6. The number of benzene rings is 3. The monoisotopic (exact) mass is 1740 g/mol. The molecule has 0 aliphatic carbocycles. The molecule has 0 spiro atoms. The van der Waals surface area contributed by atoms with Crippen molar-refractivity contribution < 1.29 is 121 Å². The SMILES string of the molecule is C#CC#CC#CC#CC#CC#CC#CC#CC#CC#CC#CN1C(=CC=CC=CC2=[N+](C#CC#CC#CC#CC#CC#CC#CC#CC#CC#CC#C)c3ccccc3C2(C)C)C(C)(C)c2cc(CNC(=O)CCCC(=O)Cc3ccc(CC(CN(CC)CCN(CC)CC(=O)[O-])N(CC)CC(=O)[O-])cc3)ccc21.[HH].[HH].[HH].[HH].[HH].[HH].[HH].[HH].[HH].[HH].[HH].[HH].[HH].[HH].[HH].[HH].[HH].[HH].[HH].[HH].[HH].[HH].[HH].[HH].[HH].[HH].[HH].[HH].[HH].[HH].[HH].[HH].[HH].[HH].[HH].[HH].[HH].[HH].[HH].[HH].[HH].[HH].[HH].[HH].[I-].[In+3]. The number of Topliss-reactive ketones (excluding diaryl/α,β-unsaturated/α-hetero) is 1. The van der Waals surface area contributed by atoms with E-state index in [2.05, 4.69) is 299 Å². The van der Waals surface area contributed by atoms with Crippen molar-refractivity contribution in [2.45, 2.75) is 104 Å². The molecule has 0 bridgehead atoms. The topological polar surface area (TPSA) is 142 Å². The number of carbonyl (C=O) groups is 4. The molecule has 2 aliphatic heterocycles. The van der Waals surface area contributed by atoms with E-state index in [9.17, 15) is 29.4 Å². The molecule has 1 amide bonds. The van der Waals surface area contributed by atoms with Crippen molar-refractivity contribution in [3.63, 3.8) is 0 Å². The normalized spacial score (nSPS) is 11.3. The van der Waals surface area contributed by atoms with Gasteiger partial charge in [-0.2, -0.15) is 0 Å². The number of amides is 1. The number of para-hydroxylation sites is 1. The van der Waals surface area contributed by atoms with Crippen LogP contribution in [0.1, 0.15) is 158 Å². The summed E-state index contributed by atoms with van der Waals surface area (Å²) in [5.74, 6) is 100. The van der Waals surface area contributed by atoms with Crippen LogP contribution >= 0.6 is 0 Å². The first-order valence-corrected chi connectivity index (χ1v) is 34.1. The van der Waals surface area contributed by atoms with Gasteiger partial charge in [0, 0.05) is 298 Å². The summed E-state index contributed by atoms with van der Waals surface area (Å²) in [4.78, 5) is 57.5. The maximum Gasteiger partial charge on any atom is 3.00 e. The van der Waals surface area contributed by atoms with Crippen molar-refractivity contribution in [3.05, 3.63) is 131 Å². The first-order chi connectivity index (χ1) is 53.0. The summed E-state index contributed by atoms with van der Waals surface area (Å²) in [6, 6.07) is 28.1. The molecule has 3 aromatic rings. The summed E-state index contributed by atoms with van der Waals surface area (Å²) in [5, 5.41) is 26.1. The van der Waals surface area contributed by atoms with Gasteiger partial charge in [0.2, 0.25) is 23.4 Å². The molecule has 3 aromatic carbocycles. The van der Waals surface area contributed by atoms with Gasteiger partial charge < -0.3 is 54.0 Å². The Kier molecular flexibility index (Phi) is 43.7. The zero-order valence-electron chi connectivity index (χ0n) is 62.5. The summed E-state index contributed by atoms with van der Waals surface area (Å²) in [6.45, 7) is 17.6. The van der Waals surface area contributed by atoms with Crippen LogP contribution in [-0.4, -0.2) is 133 Å². The predicted molar refractivity (Wildman–Crippen MR) is 524 cm³/mol. The first-order valence-electron chi connectivity index (χ1n) is 34.1. The van der Waals surface area contributed by atoms with Crippen LogP contribution in [-0.2, 0) is 49.4 Å². The fourth-order valence-corrected chi connectivity index (χ4v) is 10.7. The Morgan fingerprint density at radius 2 is 0.991 bits per heavy atom. The molecule has 620 valence electrons. The maximum atomic E-state index is 13.3. The molecule has 0 radical (unpaired) electrons. The van der Waals surface area contributed by atoms with Crippen molar-refractivity contribution in [1.82, 2.24) is 20.0 Å². The van der Waals surface area contributed by atoms with Crippen LogP contribution in [0.15, 0.2) is 103 Å². The van der Waals surface area contributed by atoms with E-state index in [1.807, 2.05) is 120 Å². The fraction of sp³-hybridized carbons (Fsp3) is 0.247. The zero-order valence-corrected chi connectivity index (χ0v) is 68.0. The van der Waals surface area contributed by atoms with E-state index in [1.165, 1.54) is 0 Å². The average molecular weight is 1750 g/mol. The standard InChI is InChI=1S/C97H70N6O6.HI.In.44H2/c1-10-15-17-19-21-23-25-27-29-31-33-35-37-39-41-43-45-47-49-56-71-102-89-61-55-54-60-87(89)96(6,7)91(102)62-52-51-53-63-92-97(8,9)88-77-84(69-70-90(88)103(92)72-57-50-48-46-44-42-40-38-36-34-32-30-28-26-24-22-20-18-16-11-2)78-98-93(105)64-58-59-86(104)76-83-67-65-82(66-68-83)75-85(101(14-5)81-95(108)109)79-99(12-3)73-74-100(13-4)80-94(106)107;;;;;;;;;;;;;;;;;;;;;;;;;;;;;;;;;;;;;;;;;;;;;;/h1-2,51-55,60-63,65-70,77,85H,12-14,58-59,64,73-76,78-81H2,3-9H3,(H2-,98,105,106,107,108,109);1H;;44*1H/q;;+3;;;;;;;;;;;;;;;;;;;;;;;;;;;;;;;;;;;;;;;;;;;;/p-2. The minimum absolute atomic E-state index is 0. The van der Waals surface area contributed by atoms with Crippen molar-refractivity contribution in [2.24, 2.45) is 0 Å². The summed E-state index contributed by atoms with van der Waals surface area (Å²) >= 11 is 0. The Labute approximate surface area is 758 Å². The molecular formula is C97H157IInN6O6+. The second-order valence-electron chi connectivity index (χ2n) is 23.8. The van der Waals surface area contributed by atoms with Crippen molar-refractivity contribution in [2.75, 3.05) is 57.3 Å². The largest absolute Gasteiger partial charge is 3.00 e. The predicted octanol–water partition coefficient (Wildman–Crippen LogP) is 12.5. The van der Waals surface area contributed by atoms with Gasteiger partial charge in [-0.05, 0) is 175 Å². The van der Waals surface area contributed by atoms with Crippen LogP contribution in [0.4, 0.5) is 11.4 Å². The second kappa shape index (κ2) is 53.1. The Morgan fingerprint density at radius 1 is 0.532 bits per heavy atom. The molecular weight excluding hydrogens is 1590 g/mol. The number of hydrogen-bond acceptors (Lipinski definition) is 10. The molecule has 0 saturated carbocycles.